The fourth-order valence-electron chi connectivity index (χ4n) is 4.18. The van der Waals surface area contributed by atoms with Crippen LogP contribution >= 0.6 is 0 Å². The highest BCUT2D eigenvalue weighted by Gasteiger charge is 2.41. The summed E-state index contributed by atoms with van der Waals surface area (Å²) in [5, 5.41) is 7.41. The number of carbonyl (C=O) groups excluding carboxylic acids is 1. The van der Waals surface area contributed by atoms with Crippen molar-refractivity contribution in [1.82, 2.24) is 15.1 Å². The van der Waals surface area contributed by atoms with Gasteiger partial charge in [-0.15, -0.1) is 0 Å². The number of H-pyrrole nitrogens is 1. The maximum absolute atomic E-state index is 13.2. The number of fused-ring (bicyclic) bond motifs is 1. The van der Waals surface area contributed by atoms with Gasteiger partial charge < -0.3 is 9.64 Å². The predicted molar refractivity (Wildman–Crippen MR) is 93.3 cm³/mol. The molecule has 130 valence electrons. The molecule has 5 heteroatoms. The highest BCUT2D eigenvalue weighted by atomic mass is 16.5. The number of ether oxygens (including phenoxy) is 1. The molecule has 2 aliphatic carbocycles. The second kappa shape index (κ2) is 5.99. The fraction of sp³-hybridized carbons (Fsp3) is 0.500. The average Bonchev–Trinajstić information content (AvgIpc) is 3.28. The Balaban J connectivity index is 1.42. The maximum Gasteiger partial charge on any atom is 0.274 e. The number of rotatable bonds is 3. The van der Waals surface area contributed by atoms with Crippen LogP contribution in [0.3, 0.4) is 0 Å². The van der Waals surface area contributed by atoms with E-state index in [4.69, 9.17) is 4.74 Å². The number of nitrogens with zero attached hydrogens (tertiary/aromatic N) is 2. The van der Waals surface area contributed by atoms with Crippen LogP contribution in [0.2, 0.25) is 0 Å². The Morgan fingerprint density at radius 3 is 2.80 bits per heavy atom. The van der Waals surface area contributed by atoms with Crippen molar-refractivity contribution >= 4 is 5.91 Å². The molecule has 2 heterocycles. The molecule has 0 unspecified atom stereocenters. The molecule has 1 saturated carbocycles. The third-order valence-electron chi connectivity index (χ3n) is 5.74. The monoisotopic (exact) mass is 337 g/mol. The van der Waals surface area contributed by atoms with Crippen LogP contribution in [0.1, 0.15) is 52.7 Å². The largest absolute Gasteiger partial charge is 0.366 e. The minimum Gasteiger partial charge on any atom is -0.366 e. The molecule has 1 amide bonds. The molecule has 25 heavy (non-hydrogen) atoms. The van der Waals surface area contributed by atoms with Gasteiger partial charge in [0, 0.05) is 17.8 Å². The lowest BCUT2D eigenvalue weighted by atomic mass is 10.0. The van der Waals surface area contributed by atoms with E-state index < -0.39 is 0 Å². The number of hydrogen-bond donors (Lipinski definition) is 1. The lowest BCUT2D eigenvalue weighted by Crippen LogP contribution is -2.48. The molecule has 2 aromatic rings. The smallest absolute Gasteiger partial charge is 0.274 e. The molecule has 5 rings (SSSR count). The minimum atomic E-state index is -0.0449. The summed E-state index contributed by atoms with van der Waals surface area (Å²) in [5.41, 5.74) is 4.07. The van der Waals surface area contributed by atoms with Crippen molar-refractivity contribution in [2.75, 3.05) is 13.1 Å². The molecule has 1 aliphatic heterocycles. The molecule has 0 bridgehead atoms. The van der Waals surface area contributed by atoms with Crippen molar-refractivity contribution in [1.29, 1.82) is 0 Å². The summed E-state index contributed by atoms with van der Waals surface area (Å²) in [5.74, 6) is 0.668. The van der Waals surface area contributed by atoms with Gasteiger partial charge in [-0.2, -0.15) is 5.10 Å². The Labute approximate surface area is 147 Å². The van der Waals surface area contributed by atoms with Crippen LogP contribution in [0.15, 0.2) is 30.3 Å². The first-order chi connectivity index (χ1) is 12.3. The first kappa shape index (κ1) is 15.1. The molecule has 1 saturated heterocycles. The Hall–Kier alpha value is -2.14. The third kappa shape index (κ3) is 2.76. The SMILES string of the molecule is O=C(c1n[nH]c2c1CCC2)N1C[C@@H](c2ccccc2)O[C@@H](C2CC2)C1. The van der Waals surface area contributed by atoms with Crippen molar-refractivity contribution < 1.29 is 9.53 Å². The summed E-state index contributed by atoms with van der Waals surface area (Å²) in [6.07, 6.45) is 5.62. The molecule has 1 aromatic carbocycles. The van der Waals surface area contributed by atoms with Crippen molar-refractivity contribution in [3.63, 3.8) is 0 Å². The minimum absolute atomic E-state index is 0.0449. The van der Waals surface area contributed by atoms with Gasteiger partial charge in [0.05, 0.1) is 12.6 Å². The van der Waals surface area contributed by atoms with Gasteiger partial charge in [0.15, 0.2) is 5.69 Å². The predicted octanol–water partition coefficient (Wildman–Crippen LogP) is 2.89. The van der Waals surface area contributed by atoms with E-state index in [1.807, 2.05) is 23.1 Å². The number of aromatic amines is 1. The van der Waals surface area contributed by atoms with Crippen LogP contribution in [0.4, 0.5) is 0 Å². The van der Waals surface area contributed by atoms with Crippen molar-refractivity contribution in [3.05, 3.63) is 52.8 Å². The lowest BCUT2D eigenvalue weighted by molar-refractivity contribution is -0.0865. The van der Waals surface area contributed by atoms with E-state index in [1.54, 1.807) is 0 Å². The quantitative estimate of drug-likeness (QED) is 0.937. The fourth-order valence-corrected chi connectivity index (χ4v) is 4.18. The molecule has 2 fully saturated rings. The number of aryl methyl sites for hydroxylation is 1. The van der Waals surface area contributed by atoms with Crippen LogP contribution < -0.4 is 0 Å². The normalized spacial score (nSPS) is 25.8. The summed E-state index contributed by atoms with van der Waals surface area (Å²) in [6.45, 7) is 1.29. The highest BCUT2D eigenvalue weighted by molar-refractivity contribution is 5.94. The van der Waals surface area contributed by atoms with E-state index in [0.29, 0.717) is 24.7 Å². The summed E-state index contributed by atoms with van der Waals surface area (Å²) in [4.78, 5) is 15.1. The van der Waals surface area contributed by atoms with Gasteiger partial charge in [0.1, 0.15) is 6.10 Å². The van der Waals surface area contributed by atoms with Gasteiger partial charge in [-0.05, 0) is 43.6 Å². The van der Waals surface area contributed by atoms with Crippen LogP contribution in [0.25, 0.3) is 0 Å². The summed E-state index contributed by atoms with van der Waals surface area (Å²) < 4.78 is 6.36. The second-order valence-electron chi connectivity index (χ2n) is 7.50. The average molecular weight is 337 g/mol. The van der Waals surface area contributed by atoms with Crippen molar-refractivity contribution in [2.24, 2.45) is 5.92 Å². The number of benzene rings is 1. The van der Waals surface area contributed by atoms with E-state index in [9.17, 15) is 4.79 Å². The van der Waals surface area contributed by atoms with E-state index in [0.717, 1.165) is 36.1 Å². The van der Waals surface area contributed by atoms with Crippen LogP contribution in [-0.2, 0) is 17.6 Å². The van der Waals surface area contributed by atoms with Crippen LogP contribution in [0, 0.1) is 5.92 Å². The van der Waals surface area contributed by atoms with Gasteiger partial charge >= 0.3 is 0 Å². The van der Waals surface area contributed by atoms with Crippen LogP contribution in [-0.4, -0.2) is 40.2 Å². The zero-order valence-electron chi connectivity index (χ0n) is 14.3. The molecular formula is C20H23N3O2. The Morgan fingerprint density at radius 2 is 2.00 bits per heavy atom. The molecule has 0 spiro atoms. The summed E-state index contributed by atoms with van der Waals surface area (Å²) in [7, 11) is 0. The zero-order chi connectivity index (χ0) is 16.8. The van der Waals surface area contributed by atoms with Crippen molar-refractivity contribution in [2.45, 2.75) is 44.3 Å². The molecule has 1 aromatic heterocycles. The van der Waals surface area contributed by atoms with Gasteiger partial charge in [-0.25, -0.2) is 0 Å². The van der Waals surface area contributed by atoms with E-state index in [1.165, 1.54) is 12.8 Å². The number of hydrogen-bond acceptors (Lipinski definition) is 3. The summed E-state index contributed by atoms with van der Waals surface area (Å²) >= 11 is 0. The topological polar surface area (TPSA) is 58.2 Å². The molecule has 2 atom stereocenters. The molecular weight excluding hydrogens is 314 g/mol. The molecule has 5 nitrogen and oxygen atoms in total. The third-order valence-corrected chi connectivity index (χ3v) is 5.74. The molecule has 0 radical (unpaired) electrons. The Morgan fingerprint density at radius 1 is 1.16 bits per heavy atom. The second-order valence-corrected chi connectivity index (χ2v) is 7.50. The van der Waals surface area contributed by atoms with E-state index in [-0.39, 0.29) is 18.1 Å². The van der Waals surface area contributed by atoms with Gasteiger partial charge in [-0.3, -0.25) is 9.89 Å². The van der Waals surface area contributed by atoms with Gasteiger partial charge in [-0.1, -0.05) is 30.3 Å². The Kier molecular flexibility index (Phi) is 3.63. The highest BCUT2D eigenvalue weighted by Crippen LogP contribution is 2.40. The maximum atomic E-state index is 13.2. The number of aromatic nitrogens is 2. The number of nitrogens with one attached hydrogen (secondary N) is 1. The number of carbonyl (C=O) groups is 1. The van der Waals surface area contributed by atoms with Crippen molar-refractivity contribution in [3.8, 4) is 0 Å². The summed E-state index contributed by atoms with van der Waals surface area (Å²) in [6, 6.07) is 10.3. The number of amides is 1. The zero-order valence-corrected chi connectivity index (χ0v) is 14.3. The van der Waals surface area contributed by atoms with Crippen LogP contribution in [0.5, 0.6) is 0 Å². The molecule has 3 aliphatic rings. The first-order valence-electron chi connectivity index (χ1n) is 9.35. The van der Waals surface area contributed by atoms with Gasteiger partial charge in [0.25, 0.3) is 5.91 Å². The lowest BCUT2D eigenvalue weighted by Gasteiger charge is -2.38. The first-order valence-corrected chi connectivity index (χ1v) is 9.35. The Bertz CT molecular complexity index is 781. The standard InChI is InChI=1S/C20H23N3O2/c24-20(19-15-7-4-8-16(15)21-22-19)23-11-17(13-5-2-1-3-6-13)25-18(12-23)14-9-10-14/h1-3,5-6,14,17-18H,4,7-12H2,(H,21,22)/t17-,18+/m0/s1. The van der Waals surface area contributed by atoms with E-state index in [2.05, 4.69) is 22.3 Å². The van der Waals surface area contributed by atoms with E-state index >= 15 is 0 Å². The van der Waals surface area contributed by atoms with Gasteiger partial charge in [0.2, 0.25) is 0 Å². The number of morpholine rings is 1. The molecule has 1 N–H and O–H groups in total.